The lowest BCUT2D eigenvalue weighted by Crippen LogP contribution is -1.99. The van der Waals surface area contributed by atoms with Gasteiger partial charge in [-0.2, -0.15) is 0 Å². The first-order valence-corrected chi connectivity index (χ1v) is 6.96. The minimum atomic E-state index is -0.738. The van der Waals surface area contributed by atoms with Crippen LogP contribution in [-0.2, 0) is 0 Å². The van der Waals surface area contributed by atoms with Gasteiger partial charge >= 0.3 is 0 Å². The van der Waals surface area contributed by atoms with Crippen LogP contribution in [0.4, 0.5) is 0 Å². The van der Waals surface area contributed by atoms with Gasteiger partial charge in [-0.25, -0.2) is 0 Å². The van der Waals surface area contributed by atoms with E-state index >= 15 is 0 Å². The lowest BCUT2D eigenvalue weighted by atomic mass is 10.0. The molecule has 0 aliphatic carbocycles. The molecule has 0 aliphatic heterocycles. The average Bonchev–Trinajstić information content (AvgIpc) is 3.09. The molecule has 0 radical (unpaired) electrons. The van der Waals surface area contributed by atoms with E-state index in [1.807, 2.05) is 43.3 Å². The molecule has 0 aliphatic rings. The lowest BCUT2D eigenvalue weighted by molar-refractivity contribution is 0.188. The Morgan fingerprint density at radius 3 is 2.62 bits per heavy atom. The van der Waals surface area contributed by atoms with E-state index in [2.05, 4.69) is 17.1 Å². The van der Waals surface area contributed by atoms with Crippen molar-refractivity contribution in [3.05, 3.63) is 71.7 Å². The standard InChI is InChI=1S/C18H15NO2/c1-11-8-9-21-18(11)17(20)12-6-7-16-14(10-12)13-4-2-3-5-15(13)19-16/h2-10,17,19-20H,1H3. The second kappa shape index (κ2) is 4.50. The maximum atomic E-state index is 10.5. The molecular formula is C18H15NO2. The number of H-pyrrole nitrogens is 1. The third kappa shape index (κ3) is 1.86. The van der Waals surface area contributed by atoms with Gasteiger partial charge in [-0.3, -0.25) is 0 Å². The third-order valence-electron chi connectivity index (χ3n) is 4.00. The van der Waals surface area contributed by atoms with Gasteiger partial charge < -0.3 is 14.5 Å². The van der Waals surface area contributed by atoms with Gasteiger partial charge in [0.15, 0.2) is 0 Å². The Balaban J connectivity index is 1.90. The quantitative estimate of drug-likeness (QED) is 0.573. The third-order valence-corrected chi connectivity index (χ3v) is 4.00. The van der Waals surface area contributed by atoms with Crippen LogP contribution >= 0.6 is 0 Å². The lowest BCUT2D eigenvalue weighted by Gasteiger charge is -2.09. The van der Waals surface area contributed by atoms with E-state index in [4.69, 9.17) is 4.42 Å². The van der Waals surface area contributed by atoms with Crippen molar-refractivity contribution in [3.63, 3.8) is 0 Å². The summed E-state index contributed by atoms with van der Waals surface area (Å²) in [5.74, 6) is 0.606. The Kier molecular flexibility index (Phi) is 2.62. The molecule has 2 aromatic carbocycles. The van der Waals surface area contributed by atoms with Crippen molar-refractivity contribution in [1.82, 2.24) is 4.98 Å². The molecule has 104 valence electrons. The molecule has 4 rings (SSSR count). The Labute approximate surface area is 121 Å². The van der Waals surface area contributed by atoms with Crippen LogP contribution in [0.5, 0.6) is 0 Å². The minimum Gasteiger partial charge on any atom is -0.466 e. The summed E-state index contributed by atoms with van der Waals surface area (Å²) in [7, 11) is 0. The predicted octanol–water partition coefficient (Wildman–Crippen LogP) is 4.30. The summed E-state index contributed by atoms with van der Waals surface area (Å²) in [5, 5.41) is 12.8. The monoisotopic (exact) mass is 277 g/mol. The van der Waals surface area contributed by atoms with Crippen molar-refractivity contribution in [2.75, 3.05) is 0 Å². The summed E-state index contributed by atoms with van der Waals surface area (Å²) in [6.45, 7) is 1.94. The highest BCUT2D eigenvalue weighted by molar-refractivity contribution is 6.07. The van der Waals surface area contributed by atoms with Crippen LogP contribution in [-0.4, -0.2) is 10.1 Å². The van der Waals surface area contributed by atoms with Gasteiger partial charge in [-0.1, -0.05) is 24.3 Å². The smallest absolute Gasteiger partial charge is 0.139 e. The number of hydrogen-bond donors (Lipinski definition) is 2. The van der Waals surface area contributed by atoms with E-state index in [1.54, 1.807) is 6.26 Å². The fourth-order valence-corrected chi connectivity index (χ4v) is 2.85. The molecule has 2 aromatic heterocycles. The van der Waals surface area contributed by atoms with Crippen molar-refractivity contribution in [3.8, 4) is 0 Å². The first-order valence-electron chi connectivity index (χ1n) is 6.96. The summed E-state index contributed by atoms with van der Waals surface area (Å²) in [6, 6.07) is 16.0. The summed E-state index contributed by atoms with van der Waals surface area (Å²) >= 11 is 0. The van der Waals surface area contributed by atoms with Crippen molar-refractivity contribution in [1.29, 1.82) is 0 Å². The Morgan fingerprint density at radius 2 is 1.81 bits per heavy atom. The number of aromatic nitrogens is 1. The molecule has 0 saturated heterocycles. The minimum absolute atomic E-state index is 0.606. The van der Waals surface area contributed by atoms with Crippen LogP contribution in [0, 0.1) is 6.92 Å². The number of aliphatic hydroxyl groups excluding tert-OH is 1. The topological polar surface area (TPSA) is 49.2 Å². The highest BCUT2D eigenvalue weighted by Crippen LogP contribution is 2.31. The second-order valence-corrected chi connectivity index (χ2v) is 5.35. The molecule has 2 heterocycles. The second-order valence-electron chi connectivity index (χ2n) is 5.35. The summed E-state index contributed by atoms with van der Waals surface area (Å²) in [5.41, 5.74) is 3.98. The average molecular weight is 277 g/mol. The van der Waals surface area contributed by atoms with E-state index < -0.39 is 6.10 Å². The van der Waals surface area contributed by atoms with Crippen molar-refractivity contribution in [2.24, 2.45) is 0 Å². The van der Waals surface area contributed by atoms with Crippen molar-refractivity contribution in [2.45, 2.75) is 13.0 Å². The molecule has 2 N–H and O–H groups in total. The van der Waals surface area contributed by atoms with Crippen LogP contribution in [0.1, 0.15) is 23.0 Å². The zero-order valence-corrected chi connectivity index (χ0v) is 11.6. The number of benzene rings is 2. The van der Waals surface area contributed by atoms with Crippen LogP contribution < -0.4 is 0 Å². The maximum Gasteiger partial charge on any atom is 0.139 e. The first-order chi connectivity index (χ1) is 10.2. The van der Waals surface area contributed by atoms with Gasteiger partial charge in [0.25, 0.3) is 0 Å². The molecule has 21 heavy (non-hydrogen) atoms. The normalized spacial score (nSPS) is 13.0. The SMILES string of the molecule is Cc1ccoc1C(O)c1ccc2[nH]c3ccccc3c2c1. The number of rotatable bonds is 2. The highest BCUT2D eigenvalue weighted by atomic mass is 16.4. The van der Waals surface area contributed by atoms with Crippen LogP contribution in [0.2, 0.25) is 0 Å². The molecule has 0 amide bonds. The highest BCUT2D eigenvalue weighted by Gasteiger charge is 2.17. The molecular weight excluding hydrogens is 262 g/mol. The fraction of sp³-hybridized carbons (Fsp3) is 0.111. The largest absolute Gasteiger partial charge is 0.466 e. The molecule has 3 heteroatoms. The number of nitrogens with one attached hydrogen (secondary N) is 1. The molecule has 0 bridgehead atoms. The van der Waals surface area contributed by atoms with Gasteiger partial charge in [-0.05, 0) is 42.3 Å². The van der Waals surface area contributed by atoms with E-state index in [0.717, 1.165) is 32.9 Å². The van der Waals surface area contributed by atoms with Gasteiger partial charge in [0.2, 0.25) is 0 Å². The van der Waals surface area contributed by atoms with Gasteiger partial charge in [0, 0.05) is 21.8 Å². The number of para-hydroxylation sites is 1. The number of fused-ring (bicyclic) bond motifs is 3. The van der Waals surface area contributed by atoms with E-state index in [1.165, 1.54) is 0 Å². The Hall–Kier alpha value is -2.52. The number of hydrogen-bond acceptors (Lipinski definition) is 2. The van der Waals surface area contributed by atoms with Gasteiger partial charge in [0.05, 0.1) is 6.26 Å². The molecule has 0 fully saturated rings. The van der Waals surface area contributed by atoms with Crippen LogP contribution in [0.3, 0.4) is 0 Å². The molecule has 0 saturated carbocycles. The van der Waals surface area contributed by atoms with E-state index in [9.17, 15) is 5.11 Å². The number of aromatic amines is 1. The van der Waals surface area contributed by atoms with Gasteiger partial charge in [0.1, 0.15) is 11.9 Å². The summed E-state index contributed by atoms with van der Waals surface area (Å²) < 4.78 is 5.40. The Morgan fingerprint density at radius 1 is 1.00 bits per heavy atom. The summed E-state index contributed by atoms with van der Waals surface area (Å²) in [6.07, 6.45) is 0.871. The summed E-state index contributed by atoms with van der Waals surface area (Å²) in [4.78, 5) is 3.39. The first kappa shape index (κ1) is 12.2. The zero-order chi connectivity index (χ0) is 14.4. The Bertz CT molecular complexity index is 933. The van der Waals surface area contributed by atoms with E-state index in [0.29, 0.717) is 5.76 Å². The zero-order valence-electron chi connectivity index (χ0n) is 11.6. The molecule has 4 aromatic rings. The molecule has 1 unspecified atom stereocenters. The van der Waals surface area contributed by atoms with Crippen molar-refractivity contribution < 1.29 is 9.52 Å². The maximum absolute atomic E-state index is 10.5. The number of furan rings is 1. The molecule has 3 nitrogen and oxygen atoms in total. The molecule has 0 spiro atoms. The van der Waals surface area contributed by atoms with Crippen molar-refractivity contribution >= 4 is 21.8 Å². The van der Waals surface area contributed by atoms with Gasteiger partial charge in [-0.15, -0.1) is 0 Å². The number of aliphatic hydroxyl groups is 1. The fourth-order valence-electron chi connectivity index (χ4n) is 2.85. The van der Waals surface area contributed by atoms with Crippen LogP contribution in [0.25, 0.3) is 21.8 Å². The predicted molar refractivity (Wildman–Crippen MR) is 83.3 cm³/mol. The van der Waals surface area contributed by atoms with E-state index in [-0.39, 0.29) is 0 Å². The molecule has 1 atom stereocenters. The number of aryl methyl sites for hydroxylation is 1. The van der Waals surface area contributed by atoms with Crippen LogP contribution in [0.15, 0.2) is 59.2 Å².